The summed E-state index contributed by atoms with van der Waals surface area (Å²) in [7, 11) is -2.99. The molecule has 2 aliphatic rings. The zero-order chi connectivity index (χ0) is 27.6. The highest BCUT2D eigenvalue weighted by atomic mass is 32.2. The zero-order valence-electron chi connectivity index (χ0n) is 22.4. The number of hydrogen-bond acceptors (Lipinski definition) is 6. The minimum Gasteiger partial charge on any atom is -0.494 e. The first-order valence-corrected chi connectivity index (χ1v) is 15.5. The first-order chi connectivity index (χ1) is 18.7. The zero-order valence-corrected chi connectivity index (χ0v) is 23.2. The number of carboxylic acids is 1. The Balaban J connectivity index is 1.29. The lowest BCUT2D eigenvalue weighted by atomic mass is 9.96. The van der Waals surface area contributed by atoms with Crippen molar-refractivity contribution in [2.75, 3.05) is 36.6 Å². The lowest BCUT2D eigenvalue weighted by Gasteiger charge is -2.23. The van der Waals surface area contributed by atoms with Gasteiger partial charge in [-0.2, -0.15) is 0 Å². The molecule has 1 aliphatic heterocycles. The standard InChI is InChI=1S/C31H35NO6S/c1-3-32-14-13-23-18-25(37-15-4-16-39(2,35)36)10-11-26(23)28-17-21(5-12-30(28)32)20-38-24-8-6-22(7-9-24)27-19-29(27)31(33)34/h5-12,17-18,27,29H,3-4,13-16,19-20H2,1-2H3,(H,33,34)/t27?,29-/m0/s1. The summed E-state index contributed by atoms with van der Waals surface area (Å²) in [5.41, 5.74) is 6.86. The number of rotatable bonds is 11. The largest absolute Gasteiger partial charge is 0.494 e. The Labute approximate surface area is 230 Å². The Morgan fingerprint density at radius 3 is 2.46 bits per heavy atom. The molecule has 0 radical (unpaired) electrons. The Bertz CT molecular complexity index is 1450. The highest BCUT2D eigenvalue weighted by Gasteiger charge is 2.44. The van der Waals surface area contributed by atoms with Gasteiger partial charge in [0.15, 0.2) is 0 Å². The fourth-order valence-corrected chi connectivity index (χ4v) is 5.97. The molecule has 206 valence electrons. The molecule has 0 spiro atoms. The van der Waals surface area contributed by atoms with Gasteiger partial charge in [0.1, 0.15) is 27.9 Å². The third-order valence-corrected chi connectivity index (χ3v) is 8.58. The van der Waals surface area contributed by atoms with Gasteiger partial charge in [-0.3, -0.25) is 4.79 Å². The van der Waals surface area contributed by atoms with E-state index in [0.29, 0.717) is 26.1 Å². The highest BCUT2D eigenvalue weighted by Crippen LogP contribution is 2.47. The number of nitrogens with zero attached hydrogens (tertiary/aromatic N) is 1. The number of anilines is 1. The number of fused-ring (bicyclic) bond motifs is 3. The second kappa shape index (κ2) is 11.3. The van der Waals surface area contributed by atoms with Crippen molar-refractivity contribution in [3.05, 3.63) is 77.4 Å². The summed E-state index contributed by atoms with van der Waals surface area (Å²) in [5, 5.41) is 9.17. The molecule has 8 heteroatoms. The van der Waals surface area contributed by atoms with Crippen LogP contribution in [0.4, 0.5) is 5.69 Å². The van der Waals surface area contributed by atoms with Gasteiger partial charge in [0.05, 0.1) is 18.3 Å². The summed E-state index contributed by atoms with van der Waals surface area (Å²) >= 11 is 0. The van der Waals surface area contributed by atoms with E-state index in [9.17, 15) is 18.3 Å². The Kier molecular flexibility index (Phi) is 7.84. The predicted octanol–water partition coefficient (Wildman–Crippen LogP) is 5.32. The van der Waals surface area contributed by atoms with Crippen molar-refractivity contribution in [3.8, 4) is 22.6 Å². The third kappa shape index (κ3) is 6.56. The summed E-state index contributed by atoms with van der Waals surface area (Å²) in [6.07, 6.45) is 3.31. The lowest BCUT2D eigenvalue weighted by molar-refractivity contribution is -0.138. The van der Waals surface area contributed by atoms with Gasteiger partial charge < -0.3 is 19.5 Å². The molecule has 39 heavy (non-hydrogen) atoms. The fraction of sp³-hybridized carbons (Fsp3) is 0.387. The number of benzene rings is 3. The van der Waals surface area contributed by atoms with Crippen LogP contribution in [0.5, 0.6) is 11.5 Å². The van der Waals surface area contributed by atoms with Crippen molar-refractivity contribution < 1.29 is 27.8 Å². The SMILES string of the molecule is CCN1CCc2cc(OCCCS(C)(=O)=O)ccc2-c2cc(COc3ccc(C4C[C@@H]4C(=O)O)cc3)ccc21. The van der Waals surface area contributed by atoms with E-state index in [1.165, 1.54) is 23.1 Å². The first-order valence-electron chi connectivity index (χ1n) is 13.5. The van der Waals surface area contributed by atoms with Gasteiger partial charge in [0.2, 0.25) is 0 Å². The van der Waals surface area contributed by atoms with E-state index in [1.54, 1.807) is 0 Å². The molecule has 1 saturated carbocycles. The molecule has 5 rings (SSSR count). The number of carbonyl (C=O) groups is 1. The van der Waals surface area contributed by atoms with Crippen LogP contribution in [0.2, 0.25) is 0 Å². The van der Waals surface area contributed by atoms with Crippen molar-refractivity contribution in [1.29, 1.82) is 0 Å². The average Bonchev–Trinajstić information content (AvgIpc) is 3.73. The summed E-state index contributed by atoms with van der Waals surface area (Å²) in [5.74, 6) is 0.773. The maximum absolute atomic E-state index is 11.4. The van der Waals surface area contributed by atoms with Crippen LogP contribution in [0.25, 0.3) is 11.1 Å². The molecule has 0 aromatic heterocycles. The maximum Gasteiger partial charge on any atom is 0.307 e. The average molecular weight is 550 g/mol. The third-order valence-electron chi connectivity index (χ3n) is 7.55. The highest BCUT2D eigenvalue weighted by molar-refractivity contribution is 7.90. The Hall–Kier alpha value is -3.52. The minimum absolute atomic E-state index is 0.112. The van der Waals surface area contributed by atoms with Crippen LogP contribution in [0.1, 0.15) is 42.4 Å². The molecule has 1 fully saturated rings. The van der Waals surface area contributed by atoms with Gasteiger partial charge in [-0.25, -0.2) is 8.42 Å². The van der Waals surface area contributed by atoms with E-state index >= 15 is 0 Å². The number of sulfone groups is 1. The Morgan fingerprint density at radius 2 is 1.77 bits per heavy atom. The second-order valence-electron chi connectivity index (χ2n) is 10.5. The molecule has 0 bridgehead atoms. The van der Waals surface area contributed by atoms with E-state index in [-0.39, 0.29) is 17.6 Å². The summed E-state index contributed by atoms with van der Waals surface area (Å²) in [4.78, 5) is 13.5. The minimum atomic E-state index is -2.99. The topological polar surface area (TPSA) is 93.1 Å². The molecular formula is C31H35NO6S. The number of hydrogen-bond donors (Lipinski definition) is 1. The van der Waals surface area contributed by atoms with E-state index in [2.05, 4.69) is 42.2 Å². The number of likely N-dealkylation sites (N-methyl/N-ethyl adjacent to an activating group) is 1. The van der Waals surface area contributed by atoms with Gasteiger partial charge >= 0.3 is 5.97 Å². The van der Waals surface area contributed by atoms with Crippen molar-refractivity contribution >= 4 is 21.5 Å². The van der Waals surface area contributed by atoms with Crippen LogP contribution < -0.4 is 14.4 Å². The molecule has 1 heterocycles. The second-order valence-corrected chi connectivity index (χ2v) is 12.7. The first kappa shape index (κ1) is 27.1. The van der Waals surface area contributed by atoms with Gasteiger partial charge in [-0.1, -0.05) is 24.3 Å². The molecule has 2 atom stereocenters. The van der Waals surface area contributed by atoms with Crippen LogP contribution in [0, 0.1) is 5.92 Å². The molecule has 1 N–H and O–H groups in total. The van der Waals surface area contributed by atoms with E-state index in [1.807, 2.05) is 30.3 Å². The quantitative estimate of drug-likeness (QED) is 0.324. The van der Waals surface area contributed by atoms with Gasteiger partial charge in [0, 0.05) is 30.6 Å². The van der Waals surface area contributed by atoms with Crippen molar-refractivity contribution in [3.63, 3.8) is 0 Å². The predicted molar refractivity (Wildman–Crippen MR) is 153 cm³/mol. The molecular weight excluding hydrogens is 514 g/mol. The van der Waals surface area contributed by atoms with Crippen LogP contribution in [-0.4, -0.2) is 51.2 Å². The van der Waals surface area contributed by atoms with Crippen LogP contribution in [-0.2, 0) is 27.7 Å². The van der Waals surface area contributed by atoms with Crippen molar-refractivity contribution in [1.82, 2.24) is 0 Å². The summed E-state index contributed by atoms with van der Waals surface area (Å²) in [6.45, 7) is 4.77. The van der Waals surface area contributed by atoms with Crippen LogP contribution in [0.3, 0.4) is 0 Å². The Morgan fingerprint density at radius 1 is 1.00 bits per heavy atom. The molecule has 1 aliphatic carbocycles. The molecule has 0 saturated heterocycles. The van der Waals surface area contributed by atoms with Crippen molar-refractivity contribution in [2.45, 2.75) is 38.7 Å². The molecule has 1 unspecified atom stereocenters. The van der Waals surface area contributed by atoms with Crippen molar-refractivity contribution in [2.24, 2.45) is 5.92 Å². The molecule has 3 aromatic rings. The van der Waals surface area contributed by atoms with Crippen LogP contribution in [0.15, 0.2) is 60.7 Å². The molecule has 3 aromatic carbocycles. The smallest absolute Gasteiger partial charge is 0.307 e. The number of aliphatic carboxylic acids is 1. The fourth-order valence-electron chi connectivity index (χ4n) is 5.32. The summed E-state index contributed by atoms with van der Waals surface area (Å²) in [6, 6.07) is 20.4. The monoisotopic (exact) mass is 549 g/mol. The molecule has 0 amide bonds. The van der Waals surface area contributed by atoms with Gasteiger partial charge in [-0.05, 0) is 90.8 Å². The maximum atomic E-state index is 11.4. The van der Waals surface area contributed by atoms with E-state index < -0.39 is 15.8 Å². The van der Waals surface area contributed by atoms with Crippen LogP contribution >= 0.6 is 0 Å². The van der Waals surface area contributed by atoms with E-state index in [4.69, 9.17) is 9.47 Å². The van der Waals surface area contributed by atoms with E-state index in [0.717, 1.165) is 47.7 Å². The van der Waals surface area contributed by atoms with Gasteiger partial charge in [0.25, 0.3) is 0 Å². The molecule has 7 nitrogen and oxygen atoms in total. The number of ether oxygens (including phenoxy) is 2. The normalized spacial score (nSPS) is 18.1. The lowest BCUT2D eigenvalue weighted by Crippen LogP contribution is -2.24. The summed E-state index contributed by atoms with van der Waals surface area (Å²) < 4.78 is 34.7. The van der Waals surface area contributed by atoms with Gasteiger partial charge in [-0.15, -0.1) is 0 Å². The number of carboxylic acid groups (broad SMARTS) is 1.